The second-order valence-corrected chi connectivity index (χ2v) is 7.94. The van der Waals surface area contributed by atoms with Gasteiger partial charge in [0.25, 0.3) is 0 Å². The van der Waals surface area contributed by atoms with Gasteiger partial charge in [-0.05, 0) is 30.7 Å². The van der Waals surface area contributed by atoms with Crippen LogP contribution in [0.5, 0.6) is 0 Å². The van der Waals surface area contributed by atoms with Gasteiger partial charge < -0.3 is 10.8 Å². The van der Waals surface area contributed by atoms with Gasteiger partial charge in [-0.1, -0.05) is 12.8 Å². The summed E-state index contributed by atoms with van der Waals surface area (Å²) in [7, 11) is -3.46. The van der Waals surface area contributed by atoms with Crippen LogP contribution in [0.4, 0.5) is 5.69 Å². The summed E-state index contributed by atoms with van der Waals surface area (Å²) in [5, 5.41) is 10.9. The molecule has 0 radical (unpaired) electrons. The van der Waals surface area contributed by atoms with Crippen LogP contribution in [-0.4, -0.2) is 26.7 Å². The summed E-state index contributed by atoms with van der Waals surface area (Å²) in [6, 6.07) is 1.47. The lowest BCUT2D eigenvalue weighted by Gasteiger charge is -2.30. The van der Waals surface area contributed by atoms with E-state index in [1.54, 1.807) is 5.38 Å². The molecule has 1 saturated carbocycles. The summed E-state index contributed by atoms with van der Waals surface area (Å²) in [6.07, 6.45) is 4.18. The van der Waals surface area contributed by atoms with Crippen molar-refractivity contribution in [3.05, 3.63) is 11.4 Å². The van der Waals surface area contributed by atoms with Gasteiger partial charge in [0.15, 0.2) is 0 Å². The van der Waals surface area contributed by atoms with Crippen molar-refractivity contribution in [1.82, 2.24) is 4.72 Å². The number of sulfonamides is 1. The molecule has 0 bridgehead atoms. The van der Waals surface area contributed by atoms with E-state index >= 15 is 0 Å². The van der Waals surface area contributed by atoms with Crippen molar-refractivity contribution in [1.29, 1.82) is 0 Å². The van der Waals surface area contributed by atoms with Gasteiger partial charge in [0.2, 0.25) is 10.0 Å². The molecule has 1 aliphatic carbocycles. The van der Waals surface area contributed by atoms with E-state index < -0.39 is 10.0 Å². The molecule has 1 aliphatic rings. The Balaban J connectivity index is 1.97. The second-order valence-electron chi connectivity index (χ2n) is 5.04. The lowest BCUT2D eigenvalue weighted by atomic mass is 9.80. The minimum absolute atomic E-state index is 0.137. The van der Waals surface area contributed by atoms with Crippen LogP contribution in [0.15, 0.2) is 15.7 Å². The minimum atomic E-state index is -3.46. The predicted molar refractivity (Wildman–Crippen MR) is 76.5 cm³/mol. The number of thiophene rings is 1. The van der Waals surface area contributed by atoms with E-state index in [4.69, 9.17) is 5.73 Å². The van der Waals surface area contributed by atoms with Gasteiger partial charge >= 0.3 is 0 Å². The standard InChI is InChI=1S/C12H20N2O3S2/c13-11-5-12(18-8-11)19(16,17)14-6-9-3-1-2-4-10(9)7-15/h5,8-10,14-15H,1-4,6-7,13H2. The van der Waals surface area contributed by atoms with Crippen LogP contribution in [0.1, 0.15) is 25.7 Å². The number of aliphatic hydroxyl groups is 1. The largest absolute Gasteiger partial charge is 0.398 e. The average molecular weight is 304 g/mol. The van der Waals surface area contributed by atoms with Crippen molar-refractivity contribution in [3.63, 3.8) is 0 Å². The first-order chi connectivity index (χ1) is 9.03. The second kappa shape index (κ2) is 6.21. The van der Waals surface area contributed by atoms with E-state index in [2.05, 4.69) is 4.72 Å². The Kier molecular flexibility index (Phi) is 4.83. The molecule has 4 N–H and O–H groups in total. The third kappa shape index (κ3) is 3.68. The molecular formula is C12H20N2O3S2. The van der Waals surface area contributed by atoms with Crippen molar-refractivity contribution < 1.29 is 13.5 Å². The van der Waals surface area contributed by atoms with Crippen molar-refractivity contribution in [2.24, 2.45) is 11.8 Å². The number of hydrogen-bond acceptors (Lipinski definition) is 5. The van der Waals surface area contributed by atoms with E-state index in [9.17, 15) is 13.5 Å². The summed E-state index contributed by atoms with van der Waals surface area (Å²) in [4.78, 5) is 0. The van der Waals surface area contributed by atoms with Gasteiger partial charge in [0.1, 0.15) is 4.21 Å². The highest BCUT2D eigenvalue weighted by Gasteiger charge is 2.26. The fourth-order valence-corrected chi connectivity index (χ4v) is 4.77. The summed E-state index contributed by atoms with van der Waals surface area (Å²) >= 11 is 1.12. The van der Waals surface area contributed by atoms with Crippen molar-refractivity contribution in [2.75, 3.05) is 18.9 Å². The summed E-state index contributed by atoms with van der Waals surface area (Å²) < 4.78 is 27.0. The van der Waals surface area contributed by atoms with Crippen molar-refractivity contribution in [3.8, 4) is 0 Å². The molecule has 0 amide bonds. The summed E-state index contributed by atoms with van der Waals surface area (Å²) in [5.41, 5.74) is 6.01. The smallest absolute Gasteiger partial charge is 0.250 e. The Hall–Kier alpha value is -0.630. The Morgan fingerprint density at radius 2 is 2.05 bits per heavy atom. The number of rotatable bonds is 5. The molecule has 5 nitrogen and oxygen atoms in total. The first-order valence-electron chi connectivity index (χ1n) is 6.47. The zero-order valence-electron chi connectivity index (χ0n) is 10.7. The quantitative estimate of drug-likeness (QED) is 0.767. The van der Waals surface area contributed by atoms with E-state index in [-0.39, 0.29) is 22.7 Å². The fourth-order valence-electron chi connectivity index (χ4n) is 2.55. The normalized spacial score (nSPS) is 24.5. The monoisotopic (exact) mass is 304 g/mol. The maximum Gasteiger partial charge on any atom is 0.250 e. The topological polar surface area (TPSA) is 92.4 Å². The number of nitrogens with one attached hydrogen (secondary N) is 1. The van der Waals surface area contributed by atoms with Gasteiger partial charge in [0.05, 0.1) is 0 Å². The van der Waals surface area contributed by atoms with Gasteiger partial charge in [-0.25, -0.2) is 13.1 Å². The zero-order valence-corrected chi connectivity index (χ0v) is 12.3. The molecule has 1 fully saturated rings. The number of aliphatic hydroxyl groups excluding tert-OH is 1. The van der Waals surface area contributed by atoms with Gasteiger partial charge in [-0.15, -0.1) is 11.3 Å². The lowest BCUT2D eigenvalue weighted by Crippen LogP contribution is -2.35. The van der Waals surface area contributed by atoms with Crippen LogP contribution < -0.4 is 10.5 Å². The fraction of sp³-hybridized carbons (Fsp3) is 0.667. The highest BCUT2D eigenvalue weighted by Crippen LogP contribution is 2.29. The van der Waals surface area contributed by atoms with Crippen LogP contribution >= 0.6 is 11.3 Å². The maximum atomic E-state index is 12.1. The van der Waals surface area contributed by atoms with Crippen LogP contribution in [0, 0.1) is 11.8 Å². The Morgan fingerprint density at radius 1 is 1.37 bits per heavy atom. The average Bonchev–Trinajstić information content (AvgIpc) is 2.84. The van der Waals surface area contributed by atoms with Gasteiger partial charge in [-0.2, -0.15) is 0 Å². The number of anilines is 1. The molecule has 1 aromatic heterocycles. The van der Waals surface area contributed by atoms with E-state index in [1.165, 1.54) is 6.07 Å². The molecule has 19 heavy (non-hydrogen) atoms. The van der Waals surface area contributed by atoms with Gasteiger partial charge in [0, 0.05) is 24.2 Å². The number of hydrogen-bond donors (Lipinski definition) is 3. The maximum absolute atomic E-state index is 12.1. The molecule has 0 spiro atoms. The van der Waals surface area contributed by atoms with Crippen LogP contribution in [0.2, 0.25) is 0 Å². The van der Waals surface area contributed by atoms with Crippen molar-refractivity contribution >= 4 is 27.0 Å². The Bertz CT molecular complexity index is 513. The number of nitrogens with two attached hydrogens (primary N) is 1. The van der Waals surface area contributed by atoms with Gasteiger partial charge in [-0.3, -0.25) is 0 Å². The van der Waals surface area contributed by atoms with E-state index in [0.717, 1.165) is 37.0 Å². The molecule has 0 aromatic carbocycles. The van der Waals surface area contributed by atoms with Crippen molar-refractivity contribution in [2.45, 2.75) is 29.9 Å². The molecule has 1 aromatic rings. The highest BCUT2D eigenvalue weighted by atomic mass is 32.2. The summed E-state index contributed by atoms with van der Waals surface area (Å²) in [5.74, 6) is 0.440. The molecule has 0 saturated heterocycles. The Labute approximate surface area is 117 Å². The zero-order chi connectivity index (χ0) is 13.9. The van der Waals surface area contributed by atoms with Crippen LogP contribution in [0.3, 0.4) is 0 Å². The molecule has 0 aliphatic heterocycles. The van der Waals surface area contributed by atoms with Crippen LogP contribution in [0.25, 0.3) is 0 Å². The molecule has 2 atom stereocenters. The molecule has 2 unspecified atom stereocenters. The predicted octanol–water partition coefficient (Wildman–Crippen LogP) is 1.41. The molecule has 108 valence electrons. The van der Waals surface area contributed by atoms with E-state index in [1.807, 2.05) is 0 Å². The third-order valence-electron chi connectivity index (χ3n) is 3.70. The SMILES string of the molecule is Nc1csc(S(=O)(=O)NCC2CCCCC2CO)c1. The Morgan fingerprint density at radius 3 is 2.63 bits per heavy atom. The molecular weight excluding hydrogens is 284 g/mol. The first kappa shape index (κ1) is 14.8. The lowest BCUT2D eigenvalue weighted by molar-refractivity contribution is 0.136. The minimum Gasteiger partial charge on any atom is -0.398 e. The first-order valence-corrected chi connectivity index (χ1v) is 8.84. The molecule has 2 rings (SSSR count). The number of nitrogen functional groups attached to an aromatic ring is 1. The summed E-state index contributed by atoms with van der Waals surface area (Å²) in [6.45, 7) is 0.531. The van der Waals surface area contributed by atoms with E-state index in [0.29, 0.717) is 12.2 Å². The molecule has 1 heterocycles. The molecule has 7 heteroatoms. The third-order valence-corrected chi connectivity index (χ3v) is 6.58. The van der Waals surface area contributed by atoms with Crippen LogP contribution in [-0.2, 0) is 10.0 Å². The highest BCUT2D eigenvalue weighted by molar-refractivity contribution is 7.91.